The van der Waals surface area contributed by atoms with Crippen LogP contribution in [0.3, 0.4) is 0 Å². The number of nitrogens with one attached hydrogen (secondary N) is 2. The van der Waals surface area contributed by atoms with Crippen molar-refractivity contribution >= 4 is 47.1 Å². The number of ether oxygens (including phenoxy) is 1. The van der Waals surface area contributed by atoms with Gasteiger partial charge in [-0.05, 0) is 70.0 Å². The van der Waals surface area contributed by atoms with E-state index in [1.165, 1.54) is 33.7 Å². The van der Waals surface area contributed by atoms with Gasteiger partial charge in [0.05, 0.1) is 24.3 Å². The van der Waals surface area contributed by atoms with Gasteiger partial charge in [-0.3, -0.25) is 9.69 Å². The molecule has 46 heavy (non-hydrogen) atoms. The average Bonchev–Trinajstić information content (AvgIpc) is 3.37. The predicted octanol–water partition coefficient (Wildman–Crippen LogP) is 6.50. The molecule has 248 valence electrons. The molecule has 0 saturated carbocycles. The summed E-state index contributed by atoms with van der Waals surface area (Å²) in [6.07, 6.45) is -3.93. The van der Waals surface area contributed by atoms with E-state index < -0.39 is 42.2 Å². The monoisotopic (exact) mass is 684 g/mol. The van der Waals surface area contributed by atoms with E-state index in [9.17, 15) is 22.8 Å². The Labute approximate surface area is 272 Å². The molecular formula is C30H33ClF4N6O4S. The first-order valence-corrected chi connectivity index (χ1v) is 15.9. The Morgan fingerprint density at radius 2 is 1.91 bits per heavy atom. The summed E-state index contributed by atoms with van der Waals surface area (Å²) in [6.45, 7) is 4.64. The second-order valence-corrected chi connectivity index (χ2v) is 13.6. The predicted molar refractivity (Wildman–Crippen MR) is 165 cm³/mol. The molecule has 0 bridgehead atoms. The zero-order chi connectivity index (χ0) is 33.2. The lowest BCUT2D eigenvalue weighted by Crippen LogP contribution is -2.50. The summed E-state index contributed by atoms with van der Waals surface area (Å²) in [7, 11) is 0. The smallest absolute Gasteiger partial charge is 0.408 e. The molecule has 1 aromatic heterocycles. The SMILES string of the molecule is CC(C)(C)OC(=O)N[C@H]1CSc2cc(F)c(-c3nnc(NC4CCCN(CC(F)(F)F)C4)o3)cc2N(Cc2ccc(Cl)cc2)C1=O. The molecular weight excluding hydrogens is 652 g/mol. The number of carbonyl (C=O) groups excluding carboxylic acids is 2. The topological polar surface area (TPSA) is 113 Å². The highest BCUT2D eigenvalue weighted by atomic mass is 35.5. The van der Waals surface area contributed by atoms with Crippen molar-refractivity contribution in [2.24, 2.45) is 0 Å². The summed E-state index contributed by atoms with van der Waals surface area (Å²) in [4.78, 5) is 29.7. The average molecular weight is 685 g/mol. The van der Waals surface area contributed by atoms with E-state index in [1.807, 2.05) is 0 Å². The molecule has 0 radical (unpaired) electrons. The quantitative estimate of drug-likeness (QED) is 0.269. The molecule has 0 aliphatic carbocycles. The van der Waals surface area contributed by atoms with Crippen LogP contribution in [0.15, 0.2) is 45.7 Å². The van der Waals surface area contributed by atoms with Gasteiger partial charge in [0, 0.05) is 28.3 Å². The largest absolute Gasteiger partial charge is 0.444 e. The standard InChI is InChI=1S/C30H33ClF4N6O4S/c1-29(2,3)45-28(43)37-22-15-46-24-12-21(32)20(11-23(24)41(26(22)42)13-17-6-8-18(31)9-7-17)25-38-39-27(44-25)36-19-5-4-10-40(14-19)16-30(33,34)35/h6-9,11-12,19,22H,4-5,10,13-16H2,1-3H3,(H,36,39)(H,37,43)/t19?,22-/m0/s1. The van der Waals surface area contributed by atoms with Crippen molar-refractivity contribution in [3.8, 4) is 11.5 Å². The van der Waals surface area contributed by atoms with Gasteiger partial charge in [0.1, 0.15) is 17.5 Å². The van der Waals surface area contributed by atoms with Crippen molar-refractivity contribution in [1.29, 1.82) is 0 Å². The number of benzene rings is 2. The minimum absolute atomic E-state index is 0.0618. The van der Waals surface area contributed by atoms with E-state index in [0.29, 0.717) is 35.0 Å². The zero-order valence-corrected chi connectivity index (χ0v) is 26.9. The highest BCUT2D eigenvalue weighted by molar-refractivity contribution is 7.99. The summed E-state index contributed by atoms with van der Waals surface area (Å²) < 4.78 is 65.4. The first kappa shape index (κ1) is 33.8. The van der Waals surface area contributed by atoms with Gasteiger partial charge in [-0.1, -0.05) is 28.8 Å². The van der Waals surface area contributed by atoms with Gasteiger partial charge in [0.25, 0.3) is 11.8 Å². The first-order chi connectivity index (χ1) is 21.6. The van der Waals surface area contributed by atoms with Crippen LogP contribution in [0.1, 0.15) is 39.2 Å². The van der Waals surface area contributed by atoms with Crippen molar-refractivity contribution < 1.29 is 36.3 Å². The number of amides is 2. The number of hydrogen-bond donors (Lipinski definition) is 2. The summed E-state index contributed by atoms with van der Waals surface area (Å²) >= 11 is 7.25. The molecule has 1 unspecified atom stereocenters. The van der Waals surface area contributed by atoms with Crippen molar-refractivity contribution in [2.45, 2.75) is 68.9 Å². The number of rotatable bonds is 7. The van der Waals surface area contributed by atoms with Crippen LogP contribution >= 0.6 is 23.4 Å². The first-order valence-electron chi connectivity index (χ1n) is 14.5. The molecule has 1 saturated heterocycles. The second-order valence-electron chi connectivity index (χ2n) is 12.1. The number of nitrogens with zero attached hydrogens (tertiary/aromatic N) is 4. The number of thioether (sulfide) groups is 1. The molecule has 5 rings (SSSR count). The third-order valence-electron chi connectivity index (χ3n) is 7.15. The van der Waals surface area contributed by atoms with Gasteiger partial charge in [-0.25, -0.2) is 9.18 Å². The molecule has 3 aromatic rings. The maximum absolute atomic E-state index is 15.6. The number of alkyl carbamates (subject to hydrolysis) is 1. The van der Waals surface area contributed by atoms with Crippen LogP contribution < -0.4 is 15.5 Å². The molecule has 3 heterocycles. The van der Waals surface area contributed by atoms with Crippen LogP contribution in [-0.2, 0) is 16.1 Å². The van der Waals surface area contributed by atoms with E-state index >= 15 is 4.39 Å². The molecule has 2 aliphatic rings. The molecule has 10 nitrogen and oxygen atoms in total. The van der Waals surface area contributed by atoms with Gasteiger partial charge < -0.3 is 24.7 Å². The van der Waals surface area contributed by atoms with E-state index in [-0.39, 0.29) is 42.4 Å². The van der Waals surface area contributed by atoms with Crippen molar-refractivity contribution in [1.82, 2.24) is 20.4 Å². The Morgan fingerprint density at radius 1 is 1.17 bits per heavy atom. The van der Waals surface area contributed by atoms with Crippen molar-refractivity contribution in [2.75, 3.05) is 35.6 Å². The number of piperidine rings is 1. The Balaban J connectivity index is 1.41. The third-order valence-corrected chi connectivity index (χ3v) is 8.54. The summed E-state index contributed by atoms with van der Waals surface area (Å²) in [5.41, 5.74) is 0.229. The highest BCUT2D eigenvalue weighted by Gasteiger charge is 2.35. The van der Waals surface area contributed by atoms with Crippen molar-refractivity contribution in [3.05, 3.63) is 52.8 Å². The summed E-state index contributed by atoms with van der Waals surface area (Å²) in [5.74, 6) is -1.20. The van der Waals surface area contributed by atoms with Crippen LogP contribution in [0.5, 0.6) is 0 Å². The number of likely N-dealkylation sites (tertiary alicyclic amines) is 1. The number of alkyl halides is 3. The number of carbonyl (C=O) groups is 2. The number of hydrogen-bond acceptors (Lipinski definition) is 9. The molecule has 2 N–H and O–H groups in total. The zero-order valence-electron chi connectivity index (χ0n) is 25.3. The van der Waals surface area contributed by atoms with Crippen LogP contribution in [0.2, 0.25) is 5.02 Å². The number of aromatic nitrogens is 2. The Kier molecular flexibility index (Phi) is 10.0. The molecule has 1 fully saturated rings. The highest BCUT2D eigenvalue weighted by Crippen LogP contribution is 2.40. The maximum Gasteiger partial charge on any atom is 0.408 e. The van der Waals surface area contributed by atoms with Crippen LogP contribution in [0, 0.1) is 5.82 Å². The van der Waals surface area contributed by atoms with Gasteiger partial charge in [0.15, 0.2) is 0 Å². The number of halogens is 5. The molecule has 0 spiro atoms. The molecule has 16 heteroatoms. The molecule has 2 aliphatic heterocycles. The number of fused-ring (bicyclic) bond motifs is 1. The van der Waals surface area contributed by atoms with Gasteiger partial charge >= 0.3 is 18.3 Å². The van der Waals surface area contributed by atoms with Crippen molar-refractivity contribution in [3.63, 3.8) is 0 Å². The third kappa shape index (κ3) is 8.82. The van der Waals surface area contributed by atoms with E-state index in [0.717, 1.165) is 5.56 Å². The second kappa shape index (κ2) is 13.7. The number of anilines is 2. The lowest BCUT2D eigenvalue weighted by molar-refractivity contribution is -0.147. The molecule has 2 atom stereocenters. The van der Waals surface area contributed by atoms with Gasteiger partial charge in [-0.2, -0.15) is 13.2 Å². The van der Waals surface area contributed by atoms with E-state index in [1.54, 1.807) is 45.0 Å². The van der Waals surface area contributed by atoms with Crippen LogP contribution in [-0.4, -0.2) is 76.3 Å². The molecule has 2 aromatic carbocycles. The Morgan fingerprint density at radius 3 is 2.61 bits per heavy atom. The minimum Gasteiger partial charge on any atom is -0.444 e. The molecule has 2 amide bonds. The Hall–Kier alpha value is -3.56. The Bertz CT molecular complexity index is 1570. The van der Waals surface area contributed by atoms with Crippen LogP contribution in [0.25, 0.3) is 11.5 Å². The van der Waals surface area contributed by atoms with E-state index in [2.05, 4.69) is 20.8 Å². The fourth-order valence-electron chi connectivity index (χ4n) is 5.21. The van der Waals surface area contributed by atoms with Gasteiger partial charge in [-0.15, -0.1) is 16.9 Å². The maximum atomic E-state index is 15.6. The lowest BCUT2D eigenvalue weighted by atomic mass is 10.1. The lowest BCUT2D eigenvalue weighted by Gasteiger charge is -2.32. The van der Waals surface area contributed by atoms with E-state index in [4.69, 9.17) is 20.8 Å². The summed E-state index contributed by atoms with van der Waals surface area (Å²) in [6, 6.07) is 8.15. The summed E-state index contributed by atoms with van der Waals surface area (Å²) in [5, 5.41) is 14.0. The minimum atomic E-state index is -4.31. The normalized spacial score (nSPS) is 19.4. The van der Waals surface area contributed by atoms with Crippen LogP contribution in [0.4, 0.5) is 34.1 Å². The fourth-order valence-corrected chi connectivity index (χ4v) is 6.41. The van der Waals surface area contributed by atoms with Gasteiger partial charge in [0.2, 0.25) is 0 Å². The fraction of sp³-hybridized carbons (Fsp3) is 0.467.